The fraction of sp³-hybridized carbons (Fsp3) is 0.600. The van der Waals surface area contributed by atoms with Crippen molar-refractivity contribution in [3.8, 4) is 0 Å². The Hall–Kier alpha value is -2.18. The molecule has 1 aromatic rings. The van der Waals surface area contributed by atoms with Crippen molar-refractivity contribution in [2.45, 2.75) is 77.5 Å². The number of rotatable bonds is 11. The molecule has 1 aliphatic carbocycles. The first-order valence-corrected chi connectivity index (χ1v) is 11.3. The molecule has 0 amide bonds. The Morgan fingerprint density at radius 3 is 2.58 bits per heavy atom. The minimum absolute atomic E-state index is 0.301. The summed E-state index contributed by atoms with van der Waals surface area (Å²) in [6.45, 7) is 8.62. The summed E-state index contributed by atoms with van der Waals surface area (Å²) in [6, 6.07) is 8.47. The maximum atomic E-state index is 13.0. The molecule has 1 saturated carbocycles. The number of carbonyl (C=O) groups is 2. The van der Waals surface area contributed by atoms with Gasteiger partial charge in [-0.1, -0.05) is 55.3 Å². The molecule has 2 N–H and O–H groups in total. The smallest absolute Gasteiger partial charge is 0.328 e. The number of carboxylic acid groups (broad SMARTS) is 1. The van der Waals surface area contributed by atoms with Crippen molar-refractivity contribution in [3.05, 3.63) is 47.5 Å². The summed E-state index contributed by atoms with van der Waals surface area (Å²) < 4.78 is 11.5. The lowest BCUT2D eigenvalue weighted by atomic mass is 9.99. The van der Waals surface area contributed by atoms with Crippen LogP contribution in [0.25, 0.3) is 0 Å². The largest absolute Gasteiger partial charge is 0.481 e. The van der Waals surface area contributed by atoms with Crippen LogP contribution in [0.5, 0.6) is 0 Å². The van der Waals surface area contributed by atoms with E-state index in [0.717, 1.165) is 36.8 Å². The first kappa shape index (κ1) is 25.1. The summed E-state index contributed by atoms with van der Waals surface area (Å²) in [5.41, 5.74) is 1.09. The molecule has 0 saturated heterocycles. The third kappa shape index (κ3) is 8.46. The number of aliphatic carboxylic acids is 1. The first-order valence-electron chi connectivity index (χ1n) is 11.3. The maximum Gasteiger partial charge on any atom is 0.328 e. The van der Waals surface area contributed by atoms with Crippen molar-refractivity contribution in [2.24, 2.45) is 5.92 Å². The van der Waals surface area contributed by atoms with Crippen molar-refractivity contribution in [1.82, 2.24) is 5.32 Å². The number of ether oxygens (including phenoxy) is 2. The van der Waals surface area contributed by atoms with E-state index < -0.39 is 23.5 Å². The highest BCUT2D eigenvalue weighted by Crippen LogP contribution is 2.32. The van der Waals surface area contributed by atoms with Crippen LogP contribution in [0.4, 0.5) is 0 Å². The summed E-state index contributed by atoms with van der Waals surface area (Å²) >= 11 is 0. The summed E-state index contributed by atoms with van der Waals surface area (Å²) in [6.07, 6.45) is 6.21. The van der Waals surface area contributed by atoms with Crippen LogP contribution in [0, 0.1) is 5.92 Å². The number of hydrogen-bond donors (Lipinski definition) is 2. The molecule has 6 heteroatoms. The highest BCUT2D eigenvalue weighted by Gasteiger charge is 2.31. The van der Waals surface area contributed by atoms with E-state index >= 15 is 0 Å². The van der Waals surface area contributed by atoms with E-state index in [9.17, 15) is 14.7 Å². The number of hydrogen-bond acceptors (Lipinski definition) is 5. The molecule has 0 heterocycles. The molecular weight excluding hydrogens is 394 g/mol. The molecule has 1 aromatic carbocycles. The van der Waals surface area contributed by atoms with Gasteiger partial charge in [0.15, 0.2) is 0 Å². The van der Waals surface area contributed by atoms with Crippen LogP contribution in [0.1, 0.15) is 71.4 Å². The van der Waals surface area contributed by atoms with Gasteiger partial charge in [-0.3, -0.25) is 10.1 Å². The second-order valence-corrected chi connectivity index (χ2v) is 9.10. The third-order valence-electron chi connectivity index (χ3n) is 5.21. The summed E-state index contributed by atoms with van der Waals surface area (Å²) in [7, 11) is 0. The molecule has 0 aromatic heterocycles. The van der Waals surface area contributed by atoms with Crippen LogP contribution in [0.2, 0.25) is 0 Å². The first-order chi connectivity index (χ1) is 14.7. The zero-order chi connectivity index (χ0) is 22.9. The van der Waals surface area contributed by atoms with E-state index in [1.54, 1.807) is 0 Å². The lowest BCUT2D eigenvalue weighted by Gasteiger charge is -2.28. The van der Waals surface area contributed by atoms with Gasteiger partial charge in [0.25, 0.3) is 0 Å². The van der Waals surface area contributed by atoms with E-state index in [0.29, 0.717) is 19.6 Å². The van der Waals surface area contributed by atoms with Crippen LogP contribution < -0.4 is 5.32 Å². The summed E-state index contributed by atoms with van der Waals surface area (Å²) in [5.74, 6) is -1.62. The summed E-state index contributed by atoms with van der Waals surface area (Å²) in [4.78, 5) is 24.7. The minimum atomic E-state index is -0.791. The van der Waals surface area contributed by atoms with Crippen LogP contribution in [-0.4, -0.2) is 41.9 Å². The molecule has 2 rings (SSSR count). The molecular formula is C25H37NO5. The molecule has 1 fully saturated rings. The lowest BCUT2D eigenvalue weighted by Crippen LogP contribution is -2.42. The molecule has 0 spiro atoms. The molecule has 172 valence electrons. The number of nitrogens with one attached hydrogen (secondary N) is 1. The van der Waals surface area contributed by atoms with Crippen molar-refractivity contribution in [1.29, 1.82) is 0 Å². The molecule has 0 bridgehead atoms. The molecule has 1 unspecified atom stereocenters. The van der Waals surface area contributed by atoms with Crippen LogP contribution in [0.15, 0.2) is 42.0 Å². The van der Waals surface area contributed by atoms with E-state index in [-0.39, 0.29) is 12.0 Å². The number of benzene rings is 1. The van der Waals surface area contributed by atoms with Crippen molar-refractivity contribution in [3.63, 3.8) is 0 Å². The van der Waals surface area contributed by atoms with Gasteiger partial charge < -0.3 is 14.6 Å². The monoisotopic (exact) mass is 431 g/mol. The second kappa shape index (κ2) is 12.0. The topological polar surface area (TPSA) is 84.9 Å². The van der Waals surface area contributed by atoms with Crippen LogP contribution in [0.3, 0.4) is 0 Å². The Bertz CT molecular complexity index is 738. The standard InChI is InChI=1S/C25H37NO5/c1-5-6-15-30-17-20(16-19-13-10-14-21(19)23(27)28)26-22(18-11-8-7-9-12-18)24(29)31-25(2,3)4/h7-9,11-12,16,20-22,26H,5-6,10,13-15,17H2,1-4H3,(H,27,28)/b19-16-/t20-,21-,22?/m1/s1. The molecule has 0 aliphatic heterocycles. The Morgan fingerprint density at radius 2 is 1.97 bits per heavy atom. The molecule has 6 nitrogen and oxygen atoms in total. The van der Waals surface area contributed by atoms with Gasteiger partial charge in [0.1, 0.15) is 11.6 Å². The number of carbonyl (C=O) groups excluding carboxylic acids is 1. The van der Waals surface area contributed by atoms with Gasteiger partial charge in [0.05, 0.1) is 12.5 Å². The minimum Gasteiger partial charge on any atom is -0.481 e. The van der Waals surface area contributed by atoms with E-state index in [4.69, 9.17) is 9.47 Å². The average Bonchev–Trinajstić information content (AvgIpc) is 3.16. The maximum absolute atomic E-state index is 13.0. The van der Waals surface area contributed by atoms with Crippen molar-refractivity contribution >= 4 is 11.9 Å². The fourth-order valence-electron chi connectivity index (χ4n) is 3.73. The predicted molar refractivity (Wildman–Crippen MR) is 121 cm³/mol. The van der Waals surface area contributed by atoms with Gasteiger partial charge in [-0.2, -0.15) is 0 Å². The normalized spacial score (nSPS) is 19.9. The van der Waals surface area contributed by atoms with E-state index in [1.807, 2.05) is 57.2 Å². The number of unbranched alkanes of at least 4 members (excludes halogenated alkanes) is 1. The van der Waals surface area contributed by atoms with E-state index in [2.05, 4.69) is 12.2 Å². The molecule has 31 heavy (non-hydrogen) atoms. The zero-order valence-electron chi connectivity index (χ0n) is 19.2. The fourth-order valence-corrected chi connectivity index (χ4v) is 3.73. The Labute approximate surface area is 186 Å². The number of esters is 1. The Morgan fingerprint density at radius 1 is 1.26 bits per heavy atom. The van der Waals surface area contributed by atoms with Gasteiger partial charge in [0, 0.05) is 12.6 Å². The summed E-state index contributed by atoms with van der Waals surface area (Å²) in [5, 5.41) is 12.9. The highest BCUT2D eigenvalue weighted by molar-refractivity contribution is 5.78. The quantitative estimate of drug-likeness (QED) is 0.301. The Balaban J connectivity index is 2.27. The van der Waals surface area contributed by atoms with E-state index in [1.165, 1.54) is 0 Å². The SMILES string of the molecule is CCCCOC[C@@H](/C=C1/CCC[C@H]1C(=O)O)NC(C(=O)OC(C)(C)C)c1ccccc1. The van der Waals surface area contributed by atoms with Crippen LogP contribution in [-0.2, 0) is 19.1 Å². The molecule has 0 radical (unpaired) electrons. The van der Waals surface area contributed by atoms with Crippen molar-refractivity contribution in [2.75, 3.05) is 13.2 Å². The third-order valence-corrected chi connectivity index (χ3v) is 5.21. The Kier molecular flexibility index (Phi) is 9.72. The van der Waals surface area contributed by atoms with Gasteiger partial charge >= 0.3 is 11.9 Å². The molecule has 1 aliphatic rings. The number of carboxylic acids is 1. The molecule has 3 atom stereocenters. The average molecular weight is 432 g/mol. The lowest BCUT2D eigenvalue weighted by molar-refractivity contribution is -0.158. The highest BCUT2D eigenvalue weighted by atomic mass is 16.6. The van der Waals surface area contributed by atoms with Gasteiger partial charge in [-0.15, -0.1) is 0 Å². The second-order valence-electron chi connectivity index (χ2n) is 9.10. The van der Waals surface area contributed by atoms with Gasteiger partial charge in [-0.05, 0) is 52.0 Å². The van der Waals surface area contributed by atoms with Gasteiger partial charge in [0.2, 0.25) is 0 Å². The zero-order valence-corrected chi connectivity index (χ0v) is 19.2. The van der Waals surface area contributed by atoms with Gasteiger partial charge in [-0.25, -0.2) is 4.79 Å². The predicted octanol–water partition coefficient (Wildman–Crippen LogP) is 4.66. The van der Waals surface area contributed by atoms with Crippen molar-refractivity contribution < 1.29 is 24.2 Å². The van der Waals surface area contributed by atoms with Crippen LogP contribution >= 0.6 is 0 Å².